The zero-order chi connectivity index (χ0) is 17.9. The molecule has 24 heavy (non-hydrogen) atoms. The van der Waals surface area contributed by atoms with Gasteiger partial charge in [-0.2, -0.15) is 5.26 Å². The molecule has 0 N–H and O–H groups in total. The second-order valence-corrected chi connectivity index (χ2v) is 8.63. The van der Waals surface area contributed by atoms with Gasteiger partial charge in [0.15, 0.2) is 15.9 Å². The first-order valence-electron chi connectivity index (χ1n) is 7.88. The Balaban J connectivity index is 2.18. The second kappa shape index (κ2) is 7.22. The molecule has 1 fully saturated rings. The molecule has 1 aromatic rings. The minimum absolute atomic E-state index is 0.00512. The van der Waals surface area contributed by atoms with Crippen LogP contribution in [0, 0.1) is 17.2 Å². The van der Waals surface area contributed by atoms with E-state index in [9.17, 15) is 13.2 Å². The van der Waals surface area contributed by atoms with E-state index in [1.165, 1.54) is 4.90 Å². The topological polar surface area (TPSA) is 87.5 Å². The third-order valence-electron chi connectivity index (χ3n) is 4.21. The normalized spacial score (nSPS) is 20.4. The molecule has 1 aromatic carbocycles. The van der Waals surface area contributed by atoms with Gasteiger partial charge in [0.2, 0.25) is 0 Å². The van der Waals surface area contributed by atoms with Crippen molar-refractivity contribution >= 4 is 15.7 Å². The van der Waals surface area contributed by atoms with Gasteiger partial charge in [0.1, 0.15) is 11.8 Å². The summed E-state index contributed by atoms with van der Waals surface area (Å²) < 4.78 is 29.1. The smallest absolute Gasteiger partial charge is 0.263 e. The Hall–Kier alpha value is -2.07. The number of nitriles is 1. The van der Waals surface area contributed by atoms with Crippen molar-refractivity contribution in [3.8, 4) is 11.8 Å². The van der Waals surface area contributed by atoms with Crippen LogP contribution in [-0.4, -0.2) is 49.9 Å². The molecule has 1 amide bonds. The number of hydrogen-bond donors (Lipinski definition) is 0. The molecule has 2 atom stereocenters. The van der Waals surface area contributed by atoms with Gasteiger partial charge in [0.05, 0.1) is 17.1 Å². The largest absolute Gasteiger partial charge is 0.479 e. The highest BCUT2D eigenvalue weighted by atomic mass is 32.2. The maximum Gasteiger partial charge on any atom is 0.263 e. The molecule has 0 bridgehead atoms. The first kappa shape index (κ1) is 18.3. The first-order valence-corrected chi connectivity index (χ1v) is 9.70. The highest BCUT2D eigenvalue weighted by Crippen LogP contribution is 2.24. The molecular formula is C17H22N2O4S. The molecule has 2 rings (SSSR count). The summed E-state index contributed by atoms with van der Waals surface area (Å²) in [6, 6.07) is 8.48. The predicted octanol–water partition coefficient (Wildman–Crippen LogP) is 1.61. The summed E-state index contributed by atoms with van der Waals surface area (Å²) in [5.74, 6) is 0.0817. The van der Waals surface area contributed by atoms with Gasteiger partial charge < -0.3 is 9.64 Å². The second-order valence-electron chi connectivity index (χ2n) is 6.40. The molecular weight excluding hydrogens is 328 g/mol. The summed E-state index contributed by atoms with van der Waals surface area (Å²) in [5.41, 5.74) is 0.363. The van der Waals surface area contributed by atoms with E-state index in [0.29, 0.717) is 17.7 Å². The summed E-state index contributed by atoms with van der Waals surface area (Å²) >= 11 is 0. The molecule has 0 radical (unpaired) electrons. The van der Waals surface area contributed by atoms with E-state index in [2.05, 4.69) is 0 Å². The average Bonchev–Trinajstić information content (AvgIpc) is 2.91. The number of carbonyl (C=O) groups is 1. The van der Waals surface area contributed by atoms with Crippen molar-refractivity contribution in [2.45, 2.75) is 32.4 Å². The number of para-hydroxylation sites is 1. The van der Waals surface area contributed by atoms with Gasteiger partial charge in [-0.15, -0.1) is 0 Å². The third kappa shape index (κ3) is 4.06. The number of amides is 1. The predicted molar refractivity (Wildman–Crippen MR) is 90.2 cm³/mol. The van der Waals surface area contributed by atoms with E-state index >= 15 is 0 Å². The van der Waals surface area contributed by atoms with Gasteiger partial charge in [-0.25, -0.2) is 8.42 Å². The highest BCUT2D eigenvalue weighted by Gasteiger charge is 2.36. The van der Waals surface area contributed by atoms with Crippen LogP contribution in [0.5, 0.6) is 5.75 Å². The number of hydrogen-bond acceptors (Lipinski definition) is 5. The molecule has 7 heteroatoms. The van der Waals surface area contributed by atoms with Crippen LogP contribution in [0.1, 0.15) is 25.8 Å². The Kier molecular flexibility index (Phi) is 5.50. The molecule has 6 nitrogen and oxygen atoms in total. The zero-order valence-electron chi connectivity index (χ0n) is 14.1. The van der Waals surface area contributed by atoms with E-state index in [1.54, 1.807) is 31.3 Å². The Morgan fingerprint density at radius 1 is 1.38 bits per heavy atom. The van der Waals surface area contributed by atoms with E-state index in [0.717, 1.165) is 0 Å². The summed E-state index contributed by atoms with van der Waals surface area (Å²) in [7, 11) is -1.45. The first-order chi connectivity index (χ1) is 11.2. The molecule has 0 aromatic heterocycles. The number of sulfone groups is 1. The van der Waals surface area contributed by atoms with Gasteiger partial charge in [-0.05, 0) is 24.5 Å². The van der Waals surface area contributed by atoms with Gasteiger partial charge in [-0.1, -0.05) is 26.0 Å². The standard InChI is InChI=1S/C17H22N2O4S/c1-12(2)16(23-15-7-5-4-6-13(15)10-18)17(20)19(3)14-8-9-24(21,22)11-14/h4-7,12,14,16H,8-9,11H2,1-3H3. The summed E-state index contributed by atoms with van der Waals surface area (Å²) in [4.78, 5) is 14.3. The van der Waals surface area contributed by atoms with Gasteiger partial charge in [-0.3, -0.25) is 4.79 Å². The van der Waals surface area contributed by atoms with Crippen LogP contribution >= 0.6 is 0 Å². The lowest BCUT2D eigenvalue weighted by atomic mass is 10.0. The molecule has 0 saturated carbocycles. The van der Waals surface area contributed by atoms with Crippen LogP contribution in [0.25, 0.3) is 0 Å². The minimum atomic E-state index is -3.07. The van der Waals surface area contributed by atoms with Crippen molar-refractivity contribution in [2.75, 3.05) is 18.6 Å². The fourth-order valence-electron chi connectivity index (χ4n) is 2.73. The van der Waals surface area contributed by atoms with E-state index in [-0.39, 0.29) is 29.4 Å². The quantitative estimate of drug-likeness (QED) is 0.805. The van der Waals surface area contributed by atoms with Gasteiger partial charge >= 0.3 is 0 Å². The number of benzene rings is 1. The van der Waals surface area contributed by atoms with Crippen LogP contribution in [-0.2, 0) is 14.6 Å². The van der Waals surface area contributed by atoms with Crippen LogP contribution in [0.4, 0.5) is 0 Å². The summed E-state index contributed by atoms with van der Waals surface area (Å²) in [5, 5.41) is 9.16. The molecule has 1 aliphatic heterocycles. The fourth-order valence-corrected chi connectivity index (χ4v) is 4.51. The van der Waals surface area contributed by atoms with Crippen LogP contribution < -0.4 is 4.74 Å². The van der Waals surface area contributed by atoms with Crippen LogP contribution in [0.2, 0.25) is 0 Å². The Labute approximate surface area is 142 Å². The summed E-state index contributed by atoms with van der Waals surface area (Å²) in [6.45, 7) is 3.72. The van der Waals surface area contributed by atoms with Crippen molar-refractivity contribution in [3.05, 3.63) is 29.8 Å². The van der Waals surface area contributed by atoms with Crippen molar-refractivity contribution in [1.29, 1.82) is 5.26 Å². The van der Waals surface area contributed by atoms with Crippen molar-refractivity contribution in [1.82, 2.24) is 4.90 Å². The zero-order valence-corrected chi connectivity index (χ0v) is 14.9. The third-order valence-corrected chi connectivity index (χ3v) is 5.96. The molecule has 0 aliphatic carbocycles. The monoisotopic (exact) mass is 350 g/mol. The Morgan fingerprint density at radius 3 is 2.58 bits per heavy atom. The van der Waals surface area contributed by atoms with Gasteiger partial charge in [0, 0.05) is 13.1 Å². The Bertz CT molecular complexity index is 752. The maximum absolute atomic E-state index is 12.8. The molecule has 1 aliphatic rings. The number of carbonyl (C=O) groups excluding carboxylic acids is 1. The molecule has 1 saturated heterocycles. The van der Waals surface area contributed by atoms with Crippen molar-refractivity contribution in [2.24, 2.45) is 5.92 Å². The Morgan fingerprint density at radius 2 is 2.04 bits per heavy atom. The van der Waals surface area contributed by atoms with Crippen LogP contribution in [0.15, 0.2) is 24.3 Å². The fraction of sp³-hybridized carbons (Fsp3) is 0.529. The SMILES string of the molecule is CC(C)C(Oc1ccccc1C#N)C(=O)N(C)C1CCS(=O)(=O)C1. The molecule has 1 heterocycles. The van der Waals surface area contributed by atoms with Crippen molar-refractivity contribution in [3.63, 3.8) is 0 Å². The number of ether oxygens (including phenoxy) is 1. The van der Waals surface area contributed by atoms with E-state index < -0.39 is 15.9 Å². The minimum Gasteiger partial charge on any atom is -0.479 e. The van der Waals surface area contributed by atoms with E-state index in [4.69, 9.17) is 10.00 Å². The molecule has 0 spiro atoms. The number of nitrogens with zero attached hydrogens (tertiary/aromatic N) is 2. The van der Waals surface area contributed by atoms with Crippen LogP contribution in [0.3, 0.4) is 0 Å². The molecule has 2 unspecified atom stereocenters. The maximum atomic E-state index is 12.8. The lowest BCUT2D eigenvalue weighted by Crippen LogP contribution is -2.47. The number of rotatable bonds is 5. The lowest BCUT2D eigenvalue weighted by Gasteiger charge is -2.30. The number of likely N-dealkylation sites (N-methyl/N-ethyl adjacent to an activating group) is 1. The lowest BCUT2D eigenvalue weighted by molar-refractivity contribution is -0.141. The van der Waals surface area contributed by atoms with Crippen molar-refractivity contribution < 1.29 is 17.9 Å². The average molecular weight is 350 g/mol. The molecule has 130 valence electrons. The highest BCUT2D eigenvalue weighted by molar-refractivity contribution is 7.91. The van der Waals surface area contributed by atoms with Gasteiger partial charge in [0.25, 0.3) is 5.91 Å². The van der Waals surface area contributed by atoms with E-state index in [1.807, 2.05) is 19.9 Å². The summed E-state index contributed by atoms with van der Waals surface area (Å²) in [6.07, 6.45) is -0.322.